The summed E-state index contributed by atoms with van der Waals surface area (Å²) >= 11 is 9.44. The fourth-order valence-electron chi connectivity index (χ4n) is 2.26. The smallest absolute Gasteiger partial charge is 0.360 e. The minimum Gasteiger partial charge on any atom is -0.481 e. The van der Waals surface area contributed by atoms with E-state index in [2.05, 4.69) is 20.9 Å². The second-order valence-electron chi connectivity index (χ2n) is 4.47. The maximum Gasteiger partial charge on any atom is 0.360 e. The first kappa shape index (κ1) is 14.4. The molecule has 2 heterocycles. The number of carbonyl (C=O) groups is 1. The molecule has 5 nitrogen and oxygen atoms in total. The van der Waals surface area contributed by atoms with Crippen LogP contribution in [-0.4, -0.2) is 17.6 Å². The largest absolute Gasteiger partial charge is 0.481 e. The second-order valence-corrected chi connectivity index (χ2v) is 5.76. The van der Waals surface area contributed by atoms with Crippen molar-refractivity contribution in [3.63, 3.8) is 0 Å². The van der Waals surface area contributed by atoms with Crippen LogP contribution in [0.5, 0.6) is 5.75 Å². The number of hydrogen-bond donors (Lipinski definition) is 0. The van der Waals surface area contributed by atoms with Gasteiger partial charge >= 0.3 is 5.97 Å². The Kier molecular flexibility index (Phi) is 3.91. The van der Waals surface area contributed by atoms with Crippen LogP contribution in [0.3, 0.4) is 0 Å². The van der Waals surface area contributed by atoms with Gasteiger partial charge in [0.2, 0.25) is 0 Å². The molecule has 0 radical (unpaired) electrons. The Balaban J connectivity index is 1.90. The summed E-state index contributed by atoms with van der Waals surface area (Å²) in [6, 6.07) is 3.59. The highest BCUT2D eigenvalue weighted by atomic mass is 79.9. The summed E-state index contributed by atoms with van der Waals surface area (Å²) in [6.07, 6.45) is 1.35. The molecule has 0 saturated heterocycles. The first-order valence-corrected chi connectivity index (χ1v) is 7.52. The zero-order valence-electron chi connectivity index (χ0n) is 11.1. The molecular weight excluding hydrogens is 362 g/mol. The Bertz CT molecular complexity index is 700. The van der Waals surface area contributed by atoms with Gasteiger partial charge in [-0.3, -0.25) is 0 Å². The summed E-state index contributed by atoms with van der Waals surface area (Å²) in [5, 5.41) is 0.619. The van der Waals surface area contributed by atoms with Crippen molar-refractivity contribution >= 4 is 33.5 Å². The lowest BCUT2D eigenvalue weighted by Crippen LogP contribution is -2.12. The predicted octanol–water partition coefficient (Wildman–Crippen LogP) is 3.94. The average Bonchev–Trinajstić information content (AvgIpc) is 3.03. The normalized spacial score (nSPS) is 16.4. The zero-order chi connectivity index (χ0) is 15.0. The van der Waals surface area contributed by atoms with Gasteiger partial charge in [-0.25, -0.2) is 9.78 Å². The molecule has 0 bridgehead atoms. The molecule has 1 aromatic carbocycles. The summed E-state index contributed by atoms with van der Waals surface area (Å²) in [7, 11) is 0. The van der Waals surface area contributed by atoms with Gasteiger partial charge in [-0.15, -0.1) is 0 Å². The monoisotopic (exact) mass is 371 g/mol. The van der Waals surface area contributed by atoms with Crippen LogP contribution in [0.2, 0.25) is 5.02 Å². The summed E-state index contributed by atoms with van der Waals surface area (Å²) in [4.78, 5) is 15.8. The number of hydrogen-bond acceptors (Lipinski definition) is 5. The van der Waals surface area contributed by atoms with E-state index in [1.165, 1.54) is 6.39 Å². The number of carbonyl (C=O) groups excluding carboxylic acids is 1. The fraction of sp³-hybridized carbons (Fsp3) is 0.286. The minimum absolute atomic E-state index is 0.150. The topological polar surface area (TPSA) is 61.6 Å². The number of halogens is 2. The highest BCUT2D eigenvalue weighted by molar-refractivity contribution is 9.10. The molecule has 1 aliphatic rings. The highest BCUT2D eigenvalue weighted by Crippen LogP contribution is 2.43. The lowest BCUT2D eigenvalue weighted by molar-refractivity contribution is 0.0512. The third kappa shape index (κ3) is 2.65. The molecule has 1 aromatic heterocycles. The molecule has 0 saturated carbocycles. The van der Waals surface area contributed by atoms with E-state index in [1.807, 2.05) is 6.07 Å². The van der Waals surface area contributed by atoms with Crippen LogP contribution in [-0.2, 0) is 11.2 Å². The standard InChI is InChI=1S/C14H11BrClNO4/c1-2-19-14(18)11-13(20-6-17-11)10-4-7-3-8(16)5-9(15)12(7)21-10/h3,5-6,10H,2,4H2,1H3/t10-/m1/s1. The molecule has 0 fully saturated rings. The third-order valence-electron chi connectivity index (χ3n) is 3.11. The third-order valence-corrected chi connectivity index (χ3v) is 3.91. The van der Waals surface area contributed by atoms with Gasteiger partial charge in [-0.05, 0) is 35.0 Å². The van der Waals surface area contributed by atoms with E-state index in [9.17, 15) is 4.79 Å². The van der Waals surface area contributed by atoms with Crippen LogP contribution in [0.25, 0.3) is 0 Å². The van der Waals surface area contributed by atoms with Gasteiger partial charge in [-0.1, -0.05) is 11.6 Å². The van der Waals surface area contributed by atoms with E-state index in [1.54, 1.807) is 13.0 Å². The van der Waals surface area contributed by atoms with E-state index in [4.69, 9.17) is 25.5 Å². The molecule has 0 unspecified atom stereocenters. The van der Waals surface area contributed by atoms with Crippen molar-refractivity contribution in [3.8, 4) is 5.75 Å². The van der Waals surface area contributed by atoms with Crippen molar-refractivity contribution in [1.29, 1.82) is 0 Å². The Morgan fingerprint density at radius 1 is 1.57 bits per heavy atom. The van der Waals surface area contributed by atoms with Gasteiger partial charge < -0.3 is 13.9 Å². The number of fused-ring (bicyclic) bond motifs is 1. The van der Waals surface area contributed by atoms with E-state index in [-0.39, 0.29) is 12.3 Å². The van der Waals surface area contributed by atoms with Crippen molar-refractivity contribution in [1.82, 2.24) is 4.98 Å². The molecule has 7 heteroatoms. The SMILES string of the molecule is CCOC(=O)c1ncoc1[C@H]1Cc2cc(Cl)cc(Br)c2O1. The van der Waals surface area contributed by atoms with Gasteiger partial charge in [0.25, 0.3) is 0 Å². The van der Waals surface area contributed by atoms with Crippen molar-refractivity contribution in [2.24, 2.45) is 0 Å². The van der Waals surface area contributed by atoms with Crippen molar-refractivity contribution < 1.29 is 18.7 Å². The molecule has 0 spiro atoms. The maximum absolute atomic E-state index is 11.8. The van der Waals surface area contributed by atoms with Crippen LogP contribution in [0.1, 0.15) is 34.8 Å². The fourth-order valence-corrected chi connectivity index (χ4v) is 3.23. The quantitative estimate of drug-likeness (QED) is 0.764. The summed E-state index contributed by atoms with van der Waals surface area (Å²) < 4.78 is 16.9. The molecular formula is C14H11BrClNO4. The summed E-state index contributed by atoms with van der Waals surface area (Å²) in [5.41, 5.74) is 1.10. The molecule has 110 valence electrons. The number of aromatic nitrogens is 1. The van der Waals surface area contributed by atoms with E-state index in [0.717, 1.165) is 10.0 Å². The lowest BCUT2D eigenvalue weighted by atomic mass is 10.1. The second kappa shape index (κ2) is 5.69. The van der Waals surface area contributed by atoms with E-state index < -0.39 is 12.1 Å². The van der Waals surface area contributed by atoms with Crippen LogP contribution < -0.4 is 4.74 Å². The van der Waals surface area contributed by atoms with Gasteiger partial charge in [0.1, 0.15) is 5.75 Å². The number of benzene rings is 1. The minimum atomic E-state index is -0.516. The van der Waals surface area contributed by atoms with E-state index >= 15 is 0 Å². The number of oxazole rings is 1. The molecule has 2 aromatic rings. The van der Waals surface area contributed by atoms with Crippen molar-refractivity contribution in [2.45, 2.75) is 19.4 Å². The van der Waals surface area contributed by atoms with Crippen molar-refractivity contribution in [3.05, 3.63) is 45.0 Å². The van der Waals surface area contributed by atoms with E-state index in [0.29, 0.717) is 23.0 Å². The van der Waals surface area contributed by atoms with Crippen LogP contribution in [0, 0.1) is 0 Å². The van der Waals surface area contributed by atoms with Gasteiger partial charge in [0.05, 0.1) is 11.1 Å². The molecule has 0 amide bonds. The summed E-state index contributed by atoms with van der Waals surface area (Å²) in [5.74, 6) is 0.557. The molecule has 1 aliphatic heterocycles. The Labute approximate surface area is 134 Å². The first-order valence-electron chi connectivity index (χ1n) is 6.35. The number of rotatable bonds is 3. The molecule has 1 atom stereocenters. The van der Waals surface area contributed by atoms with Gasteiger partial charge in [-0.2, -0.15) is 0 Å². The first-order chi connectivity index (χ1) is 10.1. The van der Waals surface area contributed by atoms with Crippen LogP contribution in [0.15, 0.2) is 27.4 Å². The zero-order valence-corrected chi connectivity index (χ0v) is 13.4. The van der Waals surface area contributed by atoms with Gasteiger partial charge in [0, 0.05) is 17.0 Å². The maximum atomic E-state index is 11.8. The van der Waals surface area contributed by atoms with Crippen LogP contribution in [0.4, 0.5) is 0 Å². The lowest BCUT2D eigenvalue weighted by Gasteiger charge is -2.09. The molecule has 3 rings (SSSR count). The Hall–Kier alpha value is -1.53. The highest BCUT2D eigenvalue weighted by Gasteiger charge is 2.33. The molecule has 0 aliphatic carbocycles. The summed E-state index contributed by atoms with van der Waals surface area (Å²) in [6.45, 7) is 2.01. The van der Waals surface area contributed by atoms with Crippen molar-refractivity contribution in [2.75, 3.05) is 6.61 Å². The molecule has 0 N–H and O–H groups in total. The Morgan fingerprint density at radius 3 is 3.14 bits per heavy atom. The number of esters is 1. The average molecular weight is 373 g/mol. The molecule has 21 heavy (non-hydrogen) atoms. The van der Waals surface area contributed by atoms with Crippen LogP contribution >= 0.6 is 27.5 Å². The number of nitrogens with zero attached hydrogens (tertiary/aromatic N) is 1. The Morgan fingerprint density at radius 2 is 2.38 bits per heavy atom. The van der Waals surface area contributed by atoms with Gasteiger partial charge in [0.15, 0.2) is 24.0 Å². The number of ether oxygens (including phenoxy) is 2. The predicted molar refractivity (Wildman–Crippen MR) is 78.7 cm³/mol.